The van der Waals surface area contributed by atoms with Gasteiger partial charge in [0.05, 0.1) is 6.61 Å². The molecule has 23 heavy (non-hydrogen) atoms. The van der Waals surface area contributed by atoms with Gasteiger partial charge >= 0.3 is 0 Å². The minimum atomic E-state index is -0.0266. The van der Waals surface area contributed by atoms with Gasteiger partial charge in [0.15, 0.2) is 0 Å². The number of hydrogen-bond donors (Lipinski definition) is 1. The maximum absolute atomic E-state index is 11.7. The first-order valence-corrected chi connectivity index (χ1v) is 8.84. The van der Waals surface area contributed by atoms with Crippen molar-refractivity contribution in [2.24, 2.45) is 0 Å². The molecule has 1 saturated carbocycles. The molecule has 0 heterocycles. The van der Waals surface area contributed by atoms with Gasteiger partial charge in [0.2, 0.25) is 5.91 Å². The molecule has 0 radical (unpaired) electrons. The highest BCUT2D eigenvalue weighted by atomic mass is 16.5. The van der Waals surface area contributed by atoms with Gasteiger partial charge in [-0.3, -0.25) is 4.79 Å². The van der Waals surface area contributed by atoms with Crippen LogP contribution < -0.4 is 5.32 Å². The van der Waals surface area contributed by atoms with Crippen LogP contribution in [-0.4, -0.2) is 43.6 Å². The van der Waals surface area contributed by atoms with Crippen LogP contribution in [0, 0.1) is 0 Å². The van der Waals surface area contributed by atoms with Gasteiger partial charge in [0.25, 0.3) is 0 Å². The molecule has 0 bridgehead atoms. The molecule has 1 N–H and O–H groups in total. The fraction of sp³-hybridized carbons (Fsp3) is 0.632. The Hall–Kier alpha value is -1.39. The maximum atomic E-state index is 11.7. The van der Waals surface area contributed by atoms with E-state index in [1.807, 2.05) is 30.3 Å². The van der Waals surface area contributed by atoms with Crippen molar-refractivity contribution < 1.29 is 9.53 Å². The zero-order valence-corrected chi connectivity index (χ0v) is 14.3. The summed E-state index contributed by atoms with van der Waals surface area (Å²) in [6.45, 7) is 2.40. The zero-order chi connectivity index (χ0) is 16.3. The Morgan fingerprint density at radius 3 is 2.70 bits per heavy atom. The molecule has 1 aliphatic carbocycles. The molecule has 4 heteroatoms. The lowest BCUT2D eigenvalue weighted by Crippen LogP contribution is -2.36. The lowest BCUT2D eigenvalue weighted by atomic mass is 9.94. The minimum absolute atomic E-state index is 0.0266. The Morgan fingerprint density at radius 1 is 1.22 bits per heavy atom. The lowest BCUT2D eigenvalue weighted by molar-refractivity contribution is -0.126. The van der Waals surface area contributed by atoms with Crippen molar-refractivity contribution >= 4 is 5.91 Å². The number of nitrogens with one attached hydrogen (secondary N) is 1. The third-order valence-corrected chi connectivity index (χ3v) is 4.55. The van der Waals surface area contributed by atoms with Crippen molar-refractivity contribution in [3.63, 3.8) is 0 Å². The highest BCUT2D eigenvalue weighted by molar-refractivity contribution is 5.77. The molecule has 2 rings (SSSR count). The molecule has 0 aliphatic heterocycles. The largest absolute Gasteiger partial charge is 0.367 e. The second kappa shape index (κ2) is 10.4. The smallest absolute Gasteiger partial charge is 0.246 e. The van der Waals surface area contributed by atoms with Crippen LogP contribution in [0.2, 0.25) is 0 Å². The Kier molecular flexibility index (Phi) is 8.12. The van der Waals surface area contributed by atoms with Crippen LogP contribution in [-0.2, 0) is 16.1 Å². The topological polar surface area (TPSA) is 41.6 Å². The summed E-state index contributed by atoms with van der Waals surface area (Å²) in [5.74, 6) is -0.0266. The molecule has 128 valence electrons. The maximum Gasteiger partial charge on any atom is 0.246 e. The van der Waals surface area contributed by atoms with Gasteiger partial charge in [-0.2, -0.15) is 0 Å². The molecule has 0 spiro atoms. The Balaban J connectivity index is 1.49. The van der Waals surface area contributed by atoms with Crippen LogP contribution in [0.1, 0.15) is 44.1 Å². The first-order valence-electron chi connectivity index (χ1n) is 8.84. The molecular weight excluding hydrogens is 288 g/mol. The average molecular weight is 318 g/mol. The Morgan fingerprint density at radius 2 is 1.96 bits per heavy atom. The summed E-state index contributed by atoms with van der Waals surface area (Å²) in [4.78, 5) is 14.2. The van der Waals surface area contributed by atoms with E-state index in [-0.39, 0.29) is 12.5 Å². The standard InChI is InChI=1S/C19H30N2O2/c1-21(18-11-6-3-7-12-18)14-8-13-20-19(22)16-23-15-17-9-4-2-5-10-17/h2,4-5,9-10,18H,3,6-8,11-16H2,1H3,(H,20,22). The number of carbonyl (C=O) groups is 1. The number of benzene rings is 1. The van der Waals surface area contributed by atoms with Crippen molar-refractivity contribution in [2.45, 2.75) is 51.2 Å². The number of ether oxygens (including phenoxy) is 1. The van der Waals surface area contributed by atoms with E-state index >= 15 is 0 Å². The van der Waals surface area contributed by atoms with E-state index in [9.17, 15) is 4.79 Å². The van der Waals surface area contributed by atoms with Crippen LogP contribution in [0.3, 0.4) is 0 Å². The van der Waals surface area contributed by atoms with Crippen molar-refractivity contribution in [2.75, 3.05) is 26.7 Å². The quantitative estimate of drug-likeness (QED) is 0.712. The molecule has 4 nitrogen and oxygen atoms in total. The number of rotatable bonds is 9. The molecule has 0 unspecified atom stereocenters. The van der Waals surface area contributed by atoms with E-state index < -0.39 is 0 Å². The van der Waals surface area contributed by atoms with Crippen molar-refractivity contribution in [3.05, 3.63) is 35.9 Å². The van der Waals surface area contributed by atoms with E-state index in [2.05, 4.69) is 17.3 Å². The molecular formula is C19H30N2O2. The van der Waals surface area contributed by atoms with Gasteiger partial charge in [-0.05, 0) is 38.4 Å². The average Bonchev–Trinajstić information content (AvgIpc) is 2.60. The molecule has 0 aromatic heterocycles. The predicted octanol–water partition coefficient (Wildman–Crippen LogP) is 2.97. The van der Waals surface area contributed by atoms with E-state index in [0.717, 1.165) is 31.1 Å². The Bertz CT molecular complexity index is 444. The second-order valence-electron chi connectivity index (χ2n) is 6.45. The number of nitrogens with zero attached hydrogens (tertiary/aromatic N) is 1. The molecule has 1 amide bonds. The van der Waals surface area contributed by atoms with E-state index in [1.165, 1.54) is 32.1 Å². The minimum Gasteiger partial charge on any atom is -0.367 e. The summed E-state index contributed by atoms with van der Waals surface area (Å²) >= 11 is 0. The van der Waals surface area contributed by atoms with Gasteiger partial charge < -0.3 is 15.0 Å². The second-order valence-corrected chi connectivity index (χ2v) is 6.45. The molecule has 1 fully saturated rings. The molecule has 0 saturated heterocycles. The van der Waals surface area contributed by atoms with Crippen LogP contribution in [0.15, 0.2) is 30.3 Å². The highest BCUT2D eigenvalue weighted by Gasteiger charge is 2.17. The molecule has 0 atom stereocenters. The first kappa shape index (κ1) is 18.0. The summed E-state index contributed by atoms with van der Waals surface area (Å²) in [5, 5.41) is 2.94. The monoisotopic (exact) mass is 318 g/mol. The van der Waals surface area contributed by atoms with Crippen molar-refractivity contribution in [1.82, 2.24) is 10.2 Å². The Labute approximate surface area is 140 Å². The highest BCUT2D eigenvalue weighted by Crippen LogP contribution is 2.21. The van der Waals surface area contributed by atoms with Gasteiger partial charge in [-0.15, -0.1) is 0 Å². The third-order valence-electron chi connectivity index (χ3n) is 4.55. The summed E-state index contributed by atoms with van der Waals surface area (Å²) in [6.07, 6.45) is 7.78. The lowest BCUT2D eigenvalue weighted by Gasteiger charge is -2.31. The number of carbonyl (C=O) groups excluding carboxylic acids is 1. The normalized spacial score (nSPS) is 15.7. The predicted molar refractivity (Wildman–Crippen MR) is 93.2 cm³/mol. The van der Waals surface area contributed by atoms with Crippen LogP contribution in [0.4, 0.5) is 0 Å². The van der Waals surface area contributed by atoms with E-state index in [1.54, 1.807) is 0 Å². The summed E-state index contributed by atoms with van der Waals surface area (Å²) in [5.41, 5.74) is 1.09. The number of hydrogen-bond acceptors (Lipinski definition) is 3. The summed E-state index contributed by atoms with van der Waals surface area (Å²) in [6, 6.07) is 10.7. The van der Waals surface area contributed by atoms with Crippen molar-refractivity contribution in [3.8, 4) is 0 Å². The zero-order valence-electron chi connectivity index (χ0n) is 14.3. The molecule has 1 aromatic carbocycles. The first-order chi connectivity index (χ1) is 11.3. The number of amides is 1. The van der Waals surface area contributed by atoms with E-state index in [0.29, 0.717) is 6.61 Å². The van der Waals surface area contributed by atoms with Crippen LogP contribution >= 0.6 is 0 Å². The van der Waals surface area contributed by atoms with Gasteiger partial charge in [0, 0.05) is 12.6 Å². The van der Waals surface area contributed by atoms with E-state index in [4.69, 9.17) is 4.74 Å². The van der Waals surface area contributed by atoms with Crippen molar-refractivity contribution in [1.29, 1.82) is 0 Å². The van der Waals surface area contributed by atoms with Crippen LogP contribution in [0.5, 0.6) is 0 Å². The fourth-order valence-corrected chi connectivity index (χ4v) is 3.15. The SMILES string of the molecule is CN(CCCNC(=O)COCc1ccccc1)C1CCCCC1. The molecule has 1 aliphatic rings. The van der Waals surface area contributed by atoms with Gasteiger partial charge in [-0.1, -0.05) is 49.6 Å². The van der Waals surface area contributed by atoms with Gasteiger partial charge in [0.1, 0.15) is 6.61 Å². The summed E-state index contributed by atoms with van der Waals surface area (Å²) < 4.78 is 5.43. The van der Waals surface area contributed by atoms with Gasteiger partial charge in [-0.25, -0.2) is 0 Å². The summed E-state index contributed by atoms with van der Waals surface area (Å²) in [7, 11) is 2.21. The van der Waals surface area contributed by atoms with Crippen LogP contribution in [0.25, 0.3) is 0 Å². The molecule has 1 aromatic rings. The third kappa shape index (κ3) is 7.14. The fourth-order valence-electron chi connectivity index (χ4n) is 3.15.